The number of benzene rings is 3. The molecule has 0 aliphatic carbocycles. The van der Waals surface area contributed by atoms with Crippen molar-refractivity contribution < 1.29 is 11.7 Å². The highest BCUT2D eigenvalue weighted by Gasteiger charge is 2.41. The molecule has 3 aromatic rings. The maximum atomic E-state index is 13.6. The van der Waals surface area contributed by atoms with Crippen LogP contribution in [0.25, 0.3) is 11.1 Å². The Balaban J connectivity index is 0.000000189. The highest BCUT2D eigenvalue weighted by Crippen LogP contribution is 2.80. The van der Waals surface area contributed by atoms with Crippen molar-refractivity contribution in [3.8, 4) is 11.1 Å². The van der Waals surface area contributed by atoms with Crippen molar-refractivity contribution in [1.29, 1.82) is 0 Å². The Morgan fingerprint density at radius 3 is 1.31 bits per heavy atom. The zero-order valence-corrected chi connectivity index (χ0v) is 15.9. The van der Waals surface area contributed by atoms with Crippen molar-refractivity contribution in [2.75, 3.05) is 5.75 Å². The van der Waals surface area contributed by atoms with Crippen LogP contribution in [0.15, 0.2) is 95.9 Å². The Bertz CT molecular complexity index is 742. The zero-order chi connectivity index (χ0) is 19.1. The molecule has 0 aliphatic heterocycles. The van der Waals surface area contributed by atoms with Crippen LogP contribution < -0.4 is 0 Å². The minimum absolute atomic E-state index is 0.340. The average Bonchev–Trinajstić information content (AvgIpc) is 2.63. The van der Waals surface area contributed by atoms with Crippen molar-refractivity contribution in [2.24, 2.45) is 5.92 Å². The predicted octanol–water partition coefficient (Wildman–Crippen LogP) is 7.78. The minimum Gasteiger partial charge on any atom is -0.151 e. The van der Waals surface area contributed by atoms with Gasteiger partial charge in [0.2, 0.25) is 0 Å². The fourth-order valence-electron chi connectivity index (χ4n) is 2.67. The van der Waals surface area contributed by atoms with Crippen LogP contribution in [-0.2, 0) is 0 Å². The molecule has 0 aromatic heterocycles. The summed E-state index contributed by atoms with van der Waals surface area (Å²) in [4.78, 5) is -0.438. The van der Waals surface area contributed by atoms with Crippen LogP contribution in [0.5, 0.6) is 0 Å². The van der Waals surface area contributed by atoms with Gasteiger partial charge in [-0.2, -0.15) is 11.7 Å². The van der Waals surface area contributed by atoms with Crippen molar-refractivity contribution >= 4 is 10.3 Å². The van der Waals surface area contributed by atoms with Crippen LogP contribution in [0, 0.1) is 5.92 Å². The summed E-state index contributed by atoms with van der Waals surface area (Å²) in [5, 5.41) is 0. The SMILES string of the molecule is CC(C)C[SH](F)(F)(F)c1ccccc1.c1ccc(-c2ccccc2)cc1. The van der Waals surface area contributed by atoms with Crippen LogP contribution in [-0.4, -0.2) is 5.75 Å². The molecule has 3 rings (SSSR count). The quantitative estimate of drug-likeness (QED) is 0.440. The number of rotatable bonds is 4. The Kier molecular flexibility index (Phi) is 6.54. The molecule has 0 nitrogen and oxygen atoms in total. The second-order valence-electron chi connectivity index (χ2n) is 6.61. The molecule has 140 valence electrons. The number of thiol groups is 1. The van der Waals surface area contributed by atoms with Gasteiger partial charge in [0.1, 0.15) is 0 Å². The highest BCUT2D eigenvalue weighted by molar-refractivity contribution is 8.37. The van der Waals surface area contributed by atoms with Gasteiger partial charge in [-0.15, -0.1) is 0 Å². The lowest BCUT2D eigenvalue weighted by molar-refractivity contribution is 0.558. The van der Waals surface area contributed by atoms with Gasteiger partial charge in [0, 0.05) is 10.6 Å². The molecule has 0 saturated carbocycles. The standard InChI is InChI=1S/C12H10.C10H15F3S/c1-3-7-11(8-4-1)12-9-5-2-6-10-12;1-9(2)8-14(11,12,13)10-6-4-3-5-7-10/h1-10H;3-7,9,14H,8H2,1-2H3. The second-order valence-corrected chi connectivity index (χ2v) is 9.41. The number of halogens is 3. The monoisotopic (exact) mass is 378 g/mol. The van der Waals surface area contributed by atoms with Crippen LogP contribution in [0.4, 0.5) is 11.7 Å². The summed E-state index contributed by atoms with van der Waals surface area (Å²) in [5.41, 5.74) is 2.55. The molecule has 3 aromatic carbocycles. The van der Waals surface area contributed by atoms with E-state index in [1.165, 1.54) is 35.4 Å². The summed E-state index contributed by atoms with van der Waals surface area (Å²) in [6.07, 6.45) is 0. The highest BCUT2D eigenvalue weighted by atomic mass is 32.4. The van der Waals surface area contributed by atoms with E-state index in [1.54, 1.807) is 19.9 Å². The summed E-state index contributed by atoms with van der Waals surface area (Å²) in [7, 11) is -6.11. The molecular formula is C22H25F3S. The van der Waals surface area contributed by atoms with E-state index in [1.807, 2.05) is 12.1 Å². The molecule has 0 N–H and O–H groups in total. The van der Waals surface area contributed by atoms with Gasteiger partial charge in [0.15, 0.2) is 0 Å². The molecule has 0 heterocycles. The van der Waals surface area contributed by atoms with Gasteiger partial charge in [0.05, 0.1) is 10.3 Å². The van der Waals surface area contributed by atoms with E-state index in [2.05, 4.69) is 48.5 Å². The van der Waals surface area contributed by atoms with Gasteiger partial charge in [-0.3, -0.25) is 0 Å². The largest absolute Gasteiger partial charge is 0.151 e. The summed E-state index contributed by atoms with van der Waals surface area (Å²) in [5.74, 6) is -0.997. The minimum atomic E-state index is -6.11. The van der Waals surface area contributed by atoms with E-state index >= 15 is 0 Å². The summed E-state index contributed by atoms with van der Waals surface area (Å²) < 4.78 is 40.7. The molecule has 0 spiro atoms. The van der Waals surface area contributed by atoms with E-state index in [9.17, 15) is 11.7 Å². The first-order valence-corrected chi connectivity index (χ1v) is 10.7. The van der Waals surface area contributed by atoms with Crippen molar-refractivity contribution in [3.05, 3.63) is 91.0 Å². The van der Waals surface area contributed by atoms with Gasteiger partial charge in [-0.25, -0.2) is 0 Å². The Morgan fingerprint density at radius 2 is 0.962 bits per heavy atom. The molecule has 0 unspecified atom stereocenters. The van der Waals surface area contributed by atoms with E-state index < -0.39 is 21.0 Å². The smallest absolute Gasteiger partial charge is 0.0682 e. The van der Waals surface area contributed by atoms with Crippen LogP contribution >= 0.6 is 10.3 Å². The summed E-state index contributed by atoms with van der Waals surface area (Å²) in [6, 6.07) is 27.6. The van der Waals surface area contributed by atoms with Crippen molar-refractivity contribution in [2.45, 2.75) is 18.7 Å². The molecule has 0 radical (unpaired) electrons. The van der Waals surface area contributed by atoms with E-state index in [0.29, 0.717) is 0 Å². The van der Waals surface area contributed by atoms with Gasteiger partial charge in [-0.05, 0) is 29.2 Å². The van der Waals surface area contributed by atoms with E-state index in [-0.39, 0.29) is 5.92 Å². The molecule has 0 aliphatic rings. The predicted molar refractivity (Wildman–Crippen MR) is 109 cm³/mol. The molecule has 4 heteroatoms. The first kappa shape index (κ1) is 20.1. The maximum Gasteiger partial charge on any atom is 0.0682 e. The molecule has 0 fully saturated rings. The average molecular weight is 379 g/mol. The lowest BCUT2D eigenvalue weighted by Gasteiger charge is -2.40. The first-order chi connectivity index (χ1) is 12.3. The Morgan fingerprint density at radius 1 is 0.615 bits per heavy atom. The van der Waals surface area contributed by atoms with Crippen LogP contribution in [0.1, 0.15) is 13.8 Å². The van der Waals surface area contributed by atoms with Gasteiger partial charge in [-0.1, -0.05) is 92.7 Å². The Labute approximate surface area is 154 Å². The lowest BCUT2D eigenvalue weighted by atomic mass is 10.1. The fourth-order valence-corrected chi connectivity index (χ4v) is 4.79. The normalized spacial score (nSPS) is 12.6. The van der Waals surface area contributed by atoms with Crippen molar-refractivity contribution in [3.63, 3.8) is 0 Å². The van der Waals surface area contributed by atoms with E-state index in [0.717, 1.165) is 0 Å². The third-order valence-electron chi connectivity index (χ3n) is 3.78. The second kappa shape index (κ2) is 8.45. The molecule has 0 bridgehead atoms. The number of hydrogen-bond donors (Lipinski definition) is 1. The van der Waals surface area contributed by atoms with Crippen LogP contribution in [0.3, 0.4) is 0 Å². The van der Waals surface area contributed by atoms with Gasteiger partial charge in [0.25, 0.3) is 0 Å². The van der Waals surface area contributed by atoms with E-state index in [4.69, 9.17) is 0 Å². The number of hydrogen-bond acceptors (Lipinski definition) is 0. The summed E-state index contributed by atoms with van der Waals surface area (Å²) >= 11 is 0. The molecule has 0 saturated heterocycles. The topological polar surface area (TPSA) is 0 Å². The maximum absolute atomic E-state index is 13.6. The molecule has 26 heavy (non-hydrogen) atoms. The lowest BCUT2D eigenvalue weighted by Crippen LogP contribution is -2.10. The zero-order valence-electron chi connectivity index (χ0n) is 15.0. The first-order valence-electron chi connectivity index (χ1n) is 8.59. The van der Waals surface area contributed by atoms with Gasteiger partial charge >= 0.3 is 0 Å². The fraction of sp³-hybridized carbons (Fsp3) is 0.182. The molecule has 0 amide bonds. The summed E-state index contributed by atoms with van der Waals surface area (Å²) in [6.45, 7) is 3.20. The third-order valence-corrected chi connectivity index (χ3v) is 6.35. The van der Waals surface area contributed by atoms with Gasteiger partial charge < -0.3 is 0 Å². The molecular weight excluding hydrogens is 353 g/mol. The van der Waals surface area contributed by atoms with Crippen molar-refractivity contribution in [1.82, 2.24) is 0 Å². The van der Waals surface area contributed by atoms with Crippen LogP contribution in [0.2, 0.25) is 0 Å². The molecule has 0 atom stereocenters. The Hall–Kier alpha value is -2.20. The third kappa shape index (κ3) is 5.95.